The fraction of sp³-hybridized carbons (Fsp3) is 0.375. The Hall–Kier alpha value is -3.65. The Balaban J connectivity index is 2.01. The molecule has 0 saturated heterocycles. The van der Waals surface area contributed by atoms with Crippen molar-refractivity contribution >= 4 is 27.5 Å². The van der Waals surface area contributed by atoms with Gasteiger partial charge in [-0.15, -0.1) is 0 Å². The fourth-order valence-electron chi connectivity index (χ4n) is 4.49. The minimum Gasteiger partial charge on any atom is -0.352 e. The normalized spacial score (nSPS) is 12.8. The number of benzene rings is 3. The lowest BCUT2D eigenvalue weighted by Crippen LogP contribution is -2.54. The van der Waals surface area contributed by atoms with Crippen LogP contribution in [0.2, 0.25) is 0 Å². The third kappa shape index (κ3) is 7.94. The number of aryl methyl sites for hydroxylation is 2. The summed E-state index contributed by atoms with van der Waals surface area (Å²) in [5.41, 5.74) is 3.23. The zero-order valence-corrected chi connectivity index (χ0v) is 24.9. The van der Waals surface area contributed by atoms with Gasteiger partial charge >= 0.3 is 0 Å². The third-order valence-corrected chi connectivity index (χ3v) is 8.84. The first-order valence-corrected chi connectivity index (χ1v) is 15.3. The number of carbonyl (C=O) groups is 2. The summed E-state index contributed by atoms with van der Waals surface area (Å²) < 4.78 is 29.0. The second-order valence-electron chi connectivity index (χ2n) is 10.2. The van der Waals surface area contributed by atoms with Crippen LogP contribution in [-0.4, -0.2) is 50.3 Å². The van der Waals surface area contributed by atoms with E-state index in [1.54, 1.807) is 42.5 Å². The molecule has 7 nitrogen and oxygen atoms in total. The first kappa shape index (κ1) is 30.9. The number of sulfonamides is 1. The Kier molecular flexibility index (Phi) is 10.9. The standard InChI is InChI=1S/C32H41N3O4S/c1-6-26(5)33-32(37)30(7-2)34(21-20-27-13-9-8-10-14-27)31(36)23-35(28-15-11-12-25(4)22-28)40(38,39)29-18-16-24(3)17-19-29/h8-19,22,26,30H,6-7,20-21,23H2,1-5H3,(H,33,37). The smallest absolute Gasteiger partial charge is 0.264 e. The minimum atomic E-state index is -4.07. The largest absolute Gasteiger partial charge is 0.352 e. The average Bonchev–Trinajstić information content (AvgIpc) is 2.94. The van der Waals surface area contributed by atoms with Gasteiger partial charge in [0.05, 0.1) is 10.6 Å². The van der Waals surface area contributed by atoms with Crippen molar-refractivity contribution < 1.29 is 18.0 Å². The van der Waals surface area contributed by atoms with Crippen molar-refractivity contribution in [1.29, 1.82) is 0 Å². The second kappa shape index (κ2) is 14.1. The summed E-state index contributed by atoms with van der Waals surface area (Å²) >= 11 is 0. The number of hydrogen-bond donors (Lipinski definition) is 1. The molecule has 0 saturated carbocycles. The molecule has 3 rings (SSSR count). The molecule has 40 heavy (non-hydrogen) atoms. The highest BCUT2D eigenvalue weighted by atomic mass is 32.2. The number of nitrogens with zero attached hydrogens (tertiary/aromatic N) is 2. The Morgan fingerprint density at radius 3 is 2.12 bits per heavy atom. The highest BCUT2D eigenvalue weighted by Crippen LogP contribution is 2.25. The molecule has 3 aromatic carbocycles. The molecular weight excluding hydrogens is 522 g/mol. The zero-order chi connectivity index (χ0) is 29.3. The van der Waals surface area contributed by atoms with E-state index < -0.39 is 28.5 Å². The number of hydrogen-bond acceptors (Lipinski definition) is 4. The van der Waals surface area contributed by atoms with Crippen LogP contribution in [-0.2, 0) is 26.0 Å². The van der Waals surface area contributed by atoms with E-state index in [-0.39, 0.29) is 23.4 Å². The molecule has 0 aliphatic carbocycles. The molecular formula is C32H41N3O4S. The number of rotatable bonds is 13. The molecule has 0 spiro atoms. The van der Waals surface area contributed by atoms with Crippen LogP contribution in [0.3, 0.4) is 0 Å². The number of carbonyl (C=O) groups excluding carboxylic acids is 2. The van der Waals surface area contributed by atoms with Crippen LogP contribution >= 0.6 is 0 Å². The molecule has 214 valence electrons. The topological polar surface area (TPSA) is 86.8 Å². The SMILES string of the molecule is CCC(C)NC(=O)C(CC)N(CCc1ccccc1)C(=O)CN(c1cccc(C)c1)S(=O)(=O)c1ccc(C)cc1. The Labute approximate surface area is 239 Å². The summed E-state index contributed by atoms with van der Waals surface area (Å²) in [5, 5.41) is 3.00. The second-order valence-corrected chi connectivity index (χ2v) is 12.1. The maximum Gasteiger partial charge on any atom is 0.264 e. The van der Waals surface area contributed by atoms with Crippen LogP contribution in [0.4, 0.5) is 5.69 Å². The van der Waals surface area contributed by atoms with Gasteiger partial charge in [0, 0.05) is 12.6 Å². The Morgan fingerprint density at radius 2 is 1.52 bits per heavy atom. The highest BCUT2D eigenvalue weighted by Gasteiger charge is 2.33. The van der Waals surface area contributed by atoms with Gasteiger partial charge in [0.15, 0.2) is 0 Å². The maximum absolute atomic E-state index is 14.1. The predicted molar refractivity (Wildman–Crippen MR) is 161 cm³/mol. The predicted octanol–water partition coefficient (Wildman–Crippen LogP) is 5.26. The van der Waals surface area contributed by atoms with E-state index in [0.717, 1.165) is 27.4 Å². The molecule has 0 bridgehead atoms. The van der Waals surface area contributed by atoms with Crippen molar-refractivity contribution in [3.8, 4) is 0 Å². The summed E-state index contributed by atoms with van der Waals surface area (Å²) in [6.45, 7) is 9.39. The minimum absolute atomic E-state index is 0.0432. The number of nitrogens with one attached hydrogen (secondary N) is 1. The van der Waals surface area contributed by atoms with Gasteiger partial charge in [-0.05, 0) is 75.4 Å². The van der Waals surface area contributed by atoms with Gasteiger partial charge in [0.1, 0.15) is 12.6 Å². The van der Waals surface area contributed by atoms with Gasteiger partial charge in [-0.25, -0.2) is 8.42 Å². The van der Waals surface area contributed by atoms with Crippen molar-refractivity contribution in [2.45, 2.75) is 70.9 Å². The van der Waals surface area contributed by atoms with Crippen LogP contribution in [0, 0.1) is 13.8 Å². The first-order valence-electron chi connectivity index (χ1n) is 13.9. The molecule has 0 heterocycles. The first-order chi connectivity index (χ1) is 19.1. The quantitative estimate of drug-likeness (QED) is 0.307. The van der Waals surface area contributed by atoms with Gasteiger partial charge < -0.3 is 10.2 Å². The highest BCUT2D eigenvalue weighted by molar-refractivity contribution is 7.92. The van der Waals surface area contributed by atoms with Crippen LogP contribution in [0.25, 0.3) is 0 Å². The molecule has 2 amide bonds. The summed E-state index contributed by atoms with van der Waals surface area (Å²) in [6.07, 6.45) is 1.70. The van der Waals surface area contributed by atoms with Crippen LogP contribution in [0.15, 0.2) is 83.8 Å². The lowest BCUT2D eigenvalue weighted by atomic mass is 10.1. The van der Waals surface area contributed by atoms with Crippen LogP contribution < -0.4 is 9.62 Å². The van der Waals surface area contributed by atoms with Crippen molar-refractivity contribution in [3.05, 3.63) is 95.6 Å². The zero-order valence-electron chi connectivity index (χ0n) is 24.1. The van der Waals surface area contributed by atoms with E-state index in [4.69, 9.17) is 0 Å². The lowest BCUT2D eigenvalue weighted by molar-refractivity contribution is -0.139. The van der Waals surface area contributed by atoms with E-state index >= 15 is 0 Å². The summed E-state index contributed by atoms with van der Waals surface area (Å²) in [6, 6.07) is 22.6. The van der Waals surface area contributed by atoms with Gasteiger partial charge in [-0.2, -0.15) is 0 Å². The summed E-state index contributed by atoms with van der Waals surface area (Å²) in [4.78, 5) is 29.0. The van der Waals surface area contributed by atoms with E-state index in [0.29, 0.717) is 18.5 Å². The Morgan fingerprint density at radius 1 is 0.850 bits per heavy atom. The van der Waals surface area contributed by atoms with E-state index in [9.17, 15) is 18.0 Å². The maximum atomic E-state index is 14.1. The molecule has 8 heteroatoms. The van der Waals surface area contributed by atoms with Crippen LogP contribution in [0.5, 0.6) is 0 Å². The van der Waals surface area contributed by atoms with E-state index in [1.807, 2.05) is 71.0 Å². The average molecular weight is 564 g/mol. The van der Waals surface area contributed by atoms with E-state index in [2.05, 4.69) is 5.32 Å². The van der Waals surface area contributed by atoms with Crippen molar-refractivity contribution in [3.63, 3.8) is 0 Å². The van der Waals surface area contributed by atoms with Gasteiger partial charge in [-0.3, -0.25) is 13.9 Å². The molecule has 2 unspecified atom stereocenters. The molecule has 0 fully saturated rings. The lowest BCUT2D eigenvalue weighted by Gasteiger charge is -2.33. The fourth-order valence-corrected chi connectivity index (χ4v) is 5.89. The molecule has 2 atom stereocenters. The van der Waals surface area contributed by atoms with Crippen LogP contribution in [0.1, 0.15) is 50.3 Å². The molecule has 0 radical (unpaired) electrons. The van der Waals surface area contributed by atoms with Crippen molar-refractivity contribution in [2.24, 2.45) is 0 Å². The summed E-state index contributed by atoms with van der Waals surface area (Å²) in [5.74, 6) is -0.666. The molecule has 3 aromatic rings. The monoisotopic (exact) mass is 563 g/mol. The van der Waals surface area contributed by atoms with Gasteiger partial charge in [0.2, 0.25) is 11.8 Å². The Bertz CT molecular complexity index is 1370. The van der Waals surface area contributed by atoms with E-state index in [1.165, 1.54) is 4.90 Å². The molecule has 0 aliphatic rings. The number of amides is 2. The van der Waals surface area contributed by atoms with Gasteiger partial charge in [-0.1, -0.05) is 74.0 Å². The van der Waals surface area contributed by atoms with Crippen molar-refractivity contribution in [1.82, 2.24) is 10.2 Å². The molecule has 0 aliphatic heterocycles. The van der Waals surface area contributed by atoms with Gasteiger partial charge in [0.25, 0.3) is 10.0 Å². The van der Waals surface area contributed by atoms with Crippen molar-refractivity contribution in [2.75, 3.05) is 17.4 Å². The third-order valence-electron chi connectivity index (χ3n) is 7.05. The summed E-state index contributed by atoms with van der Waals surface area (Å²) in [7, 11) is -4.07. The number of anilines is 1. The molecule has 1 N–H and O–H groups in total. The molecule has 0 aromatic heterocycles.